The number of hydrogen-bond acceptors (Lipinski definition) is 6. The Hall–Kier alpha value is -1.45. The van der Waals surface area contributed by atoms with E-state index in [2.05, 4.69) is 4.74 Å². The van der Waals surface area contributed by atoms with Crippen LogP contribution in [0.5, 0.6) is 0 Å². The van der Waals surface area contributed by atoms with Crippen LogP contribution in [0.1, 0.15) is 10.4 Å². The highest BCUT2D eigenvalue weighted by atomic mass is 32.2. The molecular weight excluding hydrogens is 296 g/mol. The summed E-state index contributed by atoms with van der Waals surface area (Å²) in [6.45, 7) is -0.391. The van der Waals surface area contributed by atoms with E-state index in [4.69, 9.17) is 4.55 Å². The van der Waals surface area contributed by atoms with E-state index in [1.165, 1.54) is 12.1 Å². The molecule has 0 aliphatic heterocycles. The lowest BCUT2D eigenvalue weighted by Gasteiger charge is -2.07. The molecule has 9 heteroatoms. The maximum Gasteiger partial charge on any atom is 0.339 e. The molecule has 0 atom stereocenters. The van der Waals surface area contributed by atoms with Crippen LogP contribution in [0.15, 0.2) is 29.2 Å². The van der Waals surface area contributed by atoms with Crippen molar-refractivity contribution in [3.8, 4) is 0 Å². The molecule has 0 fully saturated rings. The van der Waals surface area contributed by atoms with Gasteiger partial charge < -0.3 is 4.74 Å². The van der Waals surface area contributed by atoms with Crippen LogP contribution in [-0.4, -0.2) is 46.0 Å². The fraction of sp³-hybridized carbons (Fsp3) is 0.300. The van der Waals surface area contributed by atoms with Crippen molar-refractivity contribution in [1.82, 2.24) is 0 Å². The minimum Gasteiger partial charge on any atom is -0.461 e. The smallest absolute Gasteiger partial charge is 0.339 e. The van der Waals surface area contributed by atoms with Crippen LogP contribution in [0.4, 0.5) is 0 Å². The normalized spacial score (nSPS) is 12.1. The van der Waals surface area contributed by atoms with Gasteiger partial charge in [-0.3, -0.25) is 4.55 Å². The molecule has 0 saturated carbocycles. The van der Waals surface area contributed by atoms with Crippen molar-refractivity contribution >= 4 is 25.9 Å². The molecule has 0 aliphatic rings. The fourth-order valence-electron chi connectivity index (χ4n) is 1.22. The zero-order valence-electron chi connectivity index (χ0n) is 9.94. The molecular formula is C10H12O7S2. The first kappa shape index (κ1) is 15.6. The Labute approximate surface area is 110 Å². The van der Waals surface area contributed by atoms with Gasteiger partial charge in [-0.1, -0.05) is 12.1 Å². The summed E-state index contributed by atoms with van der Waals surface area (Å²) in [4.78, 5) is 11.0. The lowest BCUT2D eigenvalue weighted by atomic mass is 10.2. The van der Waals surface area contributed by atoms with Crippen LogP contribution in [0.25, 0.3) is 0 Å². The molecule has 0 bridgehead atoms. The van der Waals surface area contributed by atoms with E-state index in [0.29, 0.717) is 0 Å². The number of ether oxygens (including phenoxy) is 1. The third-order valence-corrected chi connectivity index (χ3v) is 3.89. The van der Waals surface area contributed by atoms with Crippen molar-refractivity contribution in [2.45, 2.75) is 4.90 Å². The molecule has 0 saturated heterocycles. The number of benzene rings is 1. The molecule has 7 nitrogen and oxygen atoms in total. The second kappa shape index (κ2) is 5.68. The van der Waals surface area contributed by atoms with Gasteiger partial charge in [0.25, 0.3) is 10.1 Å². The number of rotatable bonds is 5. The van der Waals surface area contributed by atoms with Gasteiger partial charge in [0.2, 0.25) is 0 Å². The fourth-order valence-corrected chi connectivity index (χ4v) is 2.29. The van der Waals surface area contributed by atoms with E-state index in [0.717, 1.165) is 18.4 Å². The standard InChI is InChI=1S/C10H12O7S2/c1-18(12,13)7-6-17-10(11)8-4-2-3-5-9(8)19(14,15)16/h2-5H,6-7H2,1H3,(H,14,15,16). The molecule has 19 heavy (non-hydrogen) atoms. The Morgan fingerprint density at radius 1 is 1.21 bits per heavy atom. The number of sulfone groups is 1. The third-order valence-electron chi connectivity index (χ3n) is 2.07. The molecule has 0 amide bonds. The summed E-state index contributed by atoms with van der Waals surface area (Å²) in [5.74, 6) is -1.39. The van der Waals surface area contributed by atoms with E-state index >= 15 is 0 Å². The maximum absolute atomic E-state index is 11.6. The van der Waals surface area contributed by atoms with E-state index in [-0.39, 0.29) is 11.3 Å². The van der Waals surface area contributed by atoms with Gasteiger partial charge in [-0.15, -0.1) is 0 Å². The van der Waals surface area contributed by atoms with Gasteiger partial charge in [0, 0.05) is 6.26 Å². The van der Waals surface area contributed by atoms with E-state index in [9.17, 15) is 21.6 Å². The van der Waals surface area contributed by atoms with Gasteiger partial charge >= 0.3 is 5.97 Å². The molecule has 1 aromatic rings. The van der Waals surface area contributed by atoms with Crippen LogP contribution in [0.3, 0.4) is 0 Å². The number of carbonyl (C=O) groups is 1. The minimum absolute atomic E-state index is 0.349. The average Bonchev–Trinajstić information content (AvgIpc) is 2.26. The first-order valence-corrected chi connectivity index (χ1v) is 8.53. The molecule has 0 aliphatic carbocycles. The van der Waals surface area contributed by atoms with Crippen LogP contribution in [0.2, 0.25) is 0 Å². The highest BCUT2D eigenvalue weighted by Crippen LogP contribution is 2.16. The van der Waals surface area contributed by atoms with Crippen molar-refractivity contribution in [2.75, 3.05) is 18.6 Å². The molecule has 1 N–H and O–H groups in total. The van der Waals surface area contributed by atoms with Gasteiger partial charge in [0.15, 0.2) is 9.84 Å². The molecule has 0 spiro atoms. The topological polar surface area (TPSA) is 115 Å². The summed E-state index contributed by atoms with van der Waals surface area (Å²) in [6, 6.07) is 4.92. The lowest BCUT2D eigenvalue weighted by molar-refractivity contribution is 0.0524. The molecule has 0 aromatic heterocycles. The summed E-state index contributed by atoms with van der Waals surface area (Å²) in [6.07, 6.45) is 0.979. The van der Waals surface area contributed by atoms with E-state index < -0.39 is 37.4 Å². The SMILES string of the molecule is CS(=O)(=O)CCOC(=O)c1ccccc1S(=O)(=O)O. The Kier molecular flexibility index (Phi) is 4.66. The molecule has 106 valence electrons. The molecule has 0 radical (unpaired) electrons. The lowest BCUT2D eigenvalue weighted by Crippen LogP contribution is -2.16. The Morgan fingerprint density at radius 2 is 1.79 bits per heavy atom. The molecule has 0 heterocycles. The molecule has 0 unspecified atom stereocenters. The first-order valence-electron chi connectivity index (χ1n) is 5.02. The van der Waals surface area contributed by atoms with Crippen molar-refractivity contribution in [1.29, 1.82) is 0 Å². The summed E-state index contributed by atoms with van der Waals surface area (Å²) < 4.78 is 57.4. The van der Waals surface area contributed by atoms with Gasteiger partial charge in [0.1, 0.15) is 11.5 Å². The minimum atomic E-state index is -4.55. The van der Waals surface area contributed by atoms with E-state index in [1.807, 2.05) is 0 Å². The van der Waals surface area contributed by atoms with Gasteiger partial charge in [0.05, 0.1) is 11.3 Å². The third kappa shape index (κ3) is 4.97. The van der Waals surface area contributed by atoms with E-state index in [1.54, 1.807) is 0 Å². The van der Waals surface area contributed by atoms with Crippen LogP contribution in [-0.2, 0) is 24.7 Å². The Bertz CT molecular complexity index is 674. The second-order valence-electron chi connectivity index (χ2n) is 3.74. The van der Waals surface area contributed by atoms with Gasteiger partial charge in [-0.2, -0.15) is 8.42 Å². The Morgan fingerprint density at radius 3 is 2.32 bits per heavy atom. The maximum atomic E-state index is 11.6. The first-order chi connectivity index (χ1) is 8.61. The Balaban J connectivity index is 2.90. The van der Waals surface area contributed by atoms with Crippen molar-refractivity contribution in [2.24, 2.45) is 0 Å². The van der Waals surface area contributed by atoms with Crippen molar-refractivity contribution in [3.63, 3.8) is 0 Å². The average molecular weight is 308 g/mol. The summed E-state index contributed by atoms with van der Waals surface area (Å²) >= 11 is 0. The number of hydrogen-bond donors (Lipinski definition) is 1. The zero-order valence-corrected chi connectivity index (χ0v) is 11.6. The van der Waals surface area contributed by atoms with Crippen LogP contribution in [0, 0.1) is 0 Å². The quantitative estimate of drug-likeness (QED) is 0.607. The predicted octanol–water partition coefficient (Wildman–Crippen LogP) is 0.135. The van der Waals surface area contributed by atoms with Crippen molar-refractivity contribution < 1.29 is 30.9 Å². The summed E-state index contributed by atoms with van der Waals surface area (Å²) in [5, 5.41) is 0. The van der Waals surface area contributed by atoms with Gasteiger partial charge in [-0.25, -0.2) is 13.2 Å². The largest absolute Gasteiger partial charge is 0.461 e. The zero-order chi connectivity index (χ0) is 14.7. The second-order valence-corrected chi connectivity index (χ2v) is 7.39. The highest BCUT2D eigenvalue weighted by Gasteiger charge is 2.21. The number of esters is 1. The molecule has 1 aromatic carbocycles. The monoisotopic (exact) mass is 308 g/mol. The predicted molar refractivity (Wildman–Crippen MR) is 66.2 cm³/mol. The van der Waals surface area contributed by atoms with Crippen LogP contribution >= 0.6 is 0 Å². The summed E-state index contributed by atoms with van der Waals surface area (Å²) in [7, 11) is -7.84. The van der Waals surface area contributed by atoms with Gasteiger partial charge in [-0.05, 0) is 12.1 Å². The van der Waals surface area contributed by atoms with Crippen LogP contribution < -0.4 is 0 Å². The summed E-state index contributed by atoms with van der Waals surface area (Å²) in [5.41, 5.74) is -0.349. The number of carbonyl (C=O) groups excluding carboxylic acids is 1. The van der Waals surface area contributed by atoms with Crippen molar-refractivity contribution in [3.05, 3.63) is 29.8 Å². The molecule has 1 rings (SSSR count). The highest BCUT2D eigenvalue weighted by molar-refractivity contribution is 7.90.